The van der Waals surface area contributed by atoms with E-state index in [4.69, 9.17) is 0 Å². The van der Waals surface area contributed by atoms with Crippen LogP contribution in [-0.4, -0.2) is 30.9 Å². The predicted molar refractivity (Wildman–Crippen MR) is 53.8 cm³/mol. The van der Waals surface area contributed by atoms with Crippen LogP contribution in [-0.2, 0) is 29.5 Å². The number of hydrogen-bond donors (Lipinski definition) is 1. The lowest BCUT2D eigenvalue weighted by Gasteiger charge is -2.02. The van der Waals surface area contributed by atoms with Crippen molar-refractivity contribution in [1.82, 2.24) is 5.48 Å². The first kappa shape index (κ1) is 14.3. The van der Waals surface area contributed by atoms with Gasteiger partial charge in [0.25, 0.3) is 0 Å². The van der Waals surface area contributed by atoms with Gasteiger partial charge in [0, 0.05) is 13.3 Å². The molecule has 90 valence electrons. The molecule has 0 heterocycles. The lowest BCUT2D eigenvalue weighted by molar-refractivity contribution is -0.151. The number of ketones is 1. The molecule has 0 atom stereocenters. The summed E-state index contributed by atoms with van der Waals surface area (Å²) in [4.78, 5) is 35.9. The topological polar surface area (TPSA) is 107 Å². The molecule has 0 saturated heterocycles. The van der Waals surface area contributed by atoms with Gasteiger partial charge in [0.15, 0.2) is 5.78 Å². The second-order valence-corrected chi connectivity index (χ2v) is 3.66. The molecule has 0 fully saturated rings. The summed E-state index contributed by atoms with van der Waals surface area (Å²) in [5, 5.41) is 0. The lowest BCUT2D eigenvalue weighted by atomic mass is 10.2. The van der Waals surface area contributed by atoms with Crippen LogP contribution in [0.25, 0.3) is 0 Å². The summed E-state index contributed by atoms with van der Waals surface area (Å²) >= 11 is 0. The van der Waals surface area contributed by atoms with Crippen molar-refractivity contribution in [3.05, 3.63) is 0 Å². The average Bonchev–Trinajstić information content (AvgIpc) is 2.14. The fourth-order valence-electron chi connectivity index (χ4n) is 0.780. The molecule has 0 bridgehead atoms. The number of carbonyl (C=O) groups excluding carboxylic acids is 3. The molecule has 0 aromatic carbocycles. The van der Waals surface area contributed by atoms with Gasteiger partial charge in [-0.2, -0.15) is 13.9 Å². The molecule has 0 saturated carbocycles. The van der Waals surface area contributed by atoms with E-state index in [1.165, 1.54) is 0 Å². The Morgan fingerprint density at radius 1 is 1.25 bits per heavy atom. The van der Waals surface area contributed by atoms with E-state index in [0.29, 0.717) is 6.42 Å². The molecule has 1 amide bonds. The summed E-state index contributed by atoms with van der Waals surface area (Å²) in [5.74, 6) is -2.92. The van der Waals surface area contributed by atoms with Crippen LogP contribution in [0.1, 0.15) is 26.7 Å². The summed E-state index contributed by atoms with van der Waals surface area (Å²) in [6, 6.07) is 0. The highest BCUT2D eigenvalue weighted by Gasteiger charge is 2.23. The first-order valence-corrected chi connectivity index (χ1v) is 5.44. The minimum absolute atomic E-state index is 0.0848. The Balaban J connectivity index is 4.84. The molecule has 0 aromatic rings. The quantitative estimate of drug-likeness (QED) is 0.389. The van der Waals surface area contributed by atoms with Crippen molar-refractivity contribution >= 4 is 32.8 Å². The maximum Gasteiger partial charge on any atom is 0.382 e. The first-order valence-electron chi connectivity index (χ1n) is 4.37. The largest absolute Gasteiger partial charge is 0.382 e. The number of hydrogen-bond acceptors (Lipinski definition) is 6. The number of rotatable bonds is 4. The van der Waals surface area contributed by atoms with Gasteiger partial charge in [0.05, 0.1) is 0 Å². The molecular formula is C8H11NO6S. The zero-order valence-corrected chi connectivity index (χ0v) is 9.59. The molecule has 0 aliphatic rings. The molecule has 0 radical (unpaired) electrons. The molecule has 0 spiro atoms. The number of hydroxylamine groups is 1. The van der Waals surface area contributed by atoms with E-state index in [1.807, 2.05) is 0 Å². The SMILES string of the molecule is CCCC(=O)C(C(=O)ONC(C)=O)=S(=O)=O. The van der Waals surface area contributed by atoms with Crippen LogP contribution in [0.4, 0.5) is 0 Å². The van der Waals surface area contributed by atoms with E-state index in [-0.39, 0.29) is 6.42 Å². The molecule has 0 aliphatic heterocycles. The summed E-state index contributed by atoms with van der Waals surface area (Å²) < 4.78 is 21.3. The number of amides is 1. The Hall–Kier alpha value is -1.70. The first-order chi connectivity index (χ1) is 7.40. The molecule has 8 heteroatoms. The van der Waals surface area contributed by atoms with E-state index in [2.05, 4.69) is 4.84 Å². The van der Waals surface area contributed by atoms with E-state index in [0.717, 1.165) is 6.92 Å². The highest BCUT2D eigenvalue weighted by atomic mass is 32.2. The minimum atomic E-state index is -2.99. The summed E-state index contributed by atoms with van der Waals surface area (Å²) in [5.41, 5.74) is 1.64. The van der Waals surface area contributed by atoms with Crippen LogP contribution in [0.2, 0.25) is 0 Å². The highest BCUT2D eigenvalue weighted by Crippen LogP contribution is 1.93. The third kappa shape index (κ3) is 4.69. The maximum absolute atomic E-state index is 11.2. The molecule has 16 heavy (non-hydrogen) atoms. The van der Waals surface area contributed by atoms with Gasteiger partial charge in [-0.3, -0.25) is 9.59 Å². The zero-order valence-electron chi connectivity index (χ0n) is 8.77. The fraction of sp³-hybridized carbons (Fsp3) is 0.500. The van der Waals surface area contributed by atoms with E-state index < -0.39 is 32.8 Å². The summed E-state index contributed by atoms with van der Waals surface area (Å²) in [6.45, 7) is 2.72. The van der Waals surface area contributed by atoms with Crippen LogP contribution in [0.15, 0.2) is 0 Å². The second-order valence-electron chi connectivity index (χ2n) is 2.78. The third-order valence-corrected chi connectivity index (χ3v) is 2.10. The monoisotopic (exact) mass is 249 g/mol. The summed E-state index contributed by atoms with van der Waals surface area (Å²) in [7, 11) is -2.99. The van der Waals surface area contributed by atoms with Crippen LogP contribution in [0.5, 0.6) is 0 Å². The van der Waals surface area contributed by atoms with Crippen molar-refractivity contribution in [2.45, 2.75) is 26.7 Å². The molecular weight excluding hydrogens is 238 g/mol. The maximum atomic E-state index is 11.2. The summed E-state index contributed by atoms with van der Waals surface area (Å²) in [6.07, 6.45) is 0.311. The zero-order chi connectivity index (χ0) is 12.7. The number of nitrogens with one attached hydrogen (secondary N) is 1. The highest BCUT2D eigenvalue weighted by molar-refractivity contribution is 7.76. The second kappa shape index (κ2) is 6.72. The number of carbonyl (C=O) groups is 3. The van der Waals surface area contributed by atoms with Gasteiger partial charge in [-0.15, -0.1) is 0 Å². The Bertz CT molecular complexity index is 427. The third-order valence-electron chi connectivity index (χ3n) is 1.37. The van der Waals surface area contributed by atoms with Crippen molar-refractivity contribution in [3.8, 4) is 0 Å². The van der Waals surface area contributed by atoms with E-state index >= 15 is 0 Å². The van der Waals surface area contributed by atoms with Gasteiger partial charge >= 0.3 is 5.97 Å². The van der Waals surface area contributed by atoms with Gasteiger partial charge < -0.3 is 4.84 Å². The minimum Gasteiger partial charge on any atom is -0.334 e. The van der Waals surface area contributed by atoms with Crippen LogP contribution in [0, 0.1) is 0 Å². The number of Topliss-reactive ketones (excluding diaryl/α,β-unsaturated/α-hetero) is 1. The molecule has 0 aliphatic carbocycles. The van der Waals surface area contributed by atoms with Crippen molar-refractivity contribution in [1.29, 1.82) is 0 Å². The van der Waals surface area contributed by atoms with Crippen molar-refractivity contribution in [2.24, 2.45) is 0 Å². The normalized spacial score (nSPS) is 9.12. The molecule has 1 N–H and O–H groups in total. The molecule has 7 nitrogen and oxygen atoms in total. The Kier molecular flexibility index (Phi) is 6.01. The van der Waals surface area contributed by atoms with Crippen LogP contribution in [0.3, 0.4) is 0 Å². The fourth-order valence-corrected chi connectivity index (χ4v) is 1.25. The van der Waals surface area contributed by atoms with Gasteiger partial charge in [-0.1, -0.05) is 6.92 Å². The Morgan fingerprint density at radius 3 is 2.19 bits per heavy atom. The van der Waals surface area contributed by atoms with Crippen LogP contribution < -0.4 is 5.48 Å². The lowest BCUT2D eigenvalue weighted by Crippen LogP contribution is -2.33. The van der Waals surface area contributed by atoms with Crippen molar-refractivity contribution < 1.29 is 27.6 Å². The van der Waals surface area contributed by atoms with Crippen molar-refractivity contribution in [3.63, 3.8) is 0 Å². The molecule has 0 rings (SSSR count). The Morgan fingerprint density at radius 2 is 1.81 bits per heavy atom. The standard InChI is InChI=1S/C8H11NO6S/c1-3-4-6(11)7(16(13)14)8(12)15-9-5(2)10/h3-4H2,1-2H3,(H,9,10). The Labute approximate surface area is 93.3 Å². The van der Waals surface area contributed by atoms with Gasteiger partial charge in [0.2, 0.25) is 21.1 Å². The van der Waals surface area contributed by atoms with Gasteiger partial charge in [0.1, 0.15) is 0 Å². The van der Waals surface area contributed by atoms with Gasteiger partial charge in [-0.25, -0.2) is 4.79 Å². The van der Waals surface area contributed by atoms with E-state index in [9.17, 15) is 22.8 Å². The van der Waals surface area contributed by atoms with Gasteiger partial charge in [-0.05, 0) is 6.42 Å². The van der Waals surface area contributed by atoms with E-state index in [1.54, 1.807) is 12.4 Å². The smallest absolute Gasteiger partial charge is 0.334 e. The average molecular weight is 249 g/mol. The molecule has 0 aromatic heterocycles. The molecule has 0 unspecified atom stereocenters. The van der Waals surface area contributed by atoms with Crippen molar-refractivity contribution in [2.75, 3.05) is 0 Å². The van der Waals surface area contributed by atoms with Crippen LogP contribution >= 0.6 is 0 Å². The predicted octanol–water partition coefficient (Wildman–Crippen LogP) is -0.999.